The molecule has 7 nitrogen and oxygen atoms in total. The number of nitrogens with zero attached hydrogens (tertiary/aromatic N) is 4. The van der Waals surface area contributed by atoms with Gasteiger partial charge in [-0.1, -0.05) is 23.9 Å². The molecule has 2 aliphatic rings. The number of phenols is 1. The van der Waals surface area contributed by atoms with Gasteiger partial charge in [-0.05, 0) is 44.8 Å². The Bertz CT molecular complexity index is 814. The van der Waals surface area contributed by atoms with Crippen molar-refractivity contribution in [1.82, 2.24) is 19.7 Å². The molecule has 1 unspecified atom stereocenters. The molecule has 158 valence electrons. The van der Waals surface area contributed by atoms with Crippen molar-refractivity contribution in [2.75, 3.05) is 32.6 Å². The highest BCUT2D eigenvalue weighted by molar-refractivity contribution is 7.99. The Hall–Kier alpha value is -1.77. The van der Waals surface area contributed by atoms with Crippen molar-refractivity contribution in [2.45, 2.75) is 49.4 Å². The van der Waals surface area contributed by atoms with Crippen LogP contribution in [0.3, 0.4) is 0 Å². The van der Waals surface area contributed by atoms with Crippen molar-refractivity contribution in [3.05, 3.63) is 29.6 Å². The Morgan fingerprint density at radius 2 is 2.07 bits per heavy atom. The first-order valence-corrected chi connectivity index (χ1v) is 11.3. The van der Waals surface area contributed by atoms with Crippen LogP contribution in [-0.2, 0) is 18.3 Å². The van der Waals surface area contributed by atoms with Crippen molar-refractivity contribution >= 4 is 11.8 Å². The summed E-state index contributed by atoms with van der Waals surface area (Å²) >= 11 is 1.75. The molecule has 2 aliphatic heterocycles. The Labute approximate surface area is 176 Å². The molecule has 2 aromatic rings. The first-order chi connectivity index (χ1) is 14.2. The fourth-order valence-electron chi connectivity index (χ4n) is 4.20. The minimum atomic E-state index is 0.248. The van der Waals surface area contributed by atoms with Crippen LogP contribution in [0.2, 0.25) is 0 Å². The number of piperidine rings is 1. The Morgan fingerprint density at radius 1 is 1.24 bits per heavy atom. The highest BCUT2D eigenvalue weighted by Crippen LogP contribution is 2.33. The number of benzene rings is 1. The van der Waals surface area contributed by atoms with Gasteiger partial charge in [-0.15, -0.1) is 10.2 Å². The molecule has 0 aliphatic carbocycles. The second-order valence-electron chi connectivity index (χ2n) is 7.86. The first kappa shape index (κ1) is 20.5. The topological polar surface area (TPSA) is 72.6 Å². The van der Waals surface area contributed by atoms with Crippen molar-refractivity contribution in [3.8, 4) is 11.5 Å². The summed E-state index contributed by atoms with van der Waals surface area (Å²) in [5.41, 5.74) is 0.911. The normalized spacial score (nSPS) is 21.0. The maximum absolute atomic E-state index is 10.3. The molecule has 8 heteroatoms. The monoisotopic (exact) mass is 418 g/mol. The van der Waals surface area contributed by atoms with Crippen LogP contribution in [0.4, 0.5) is 0 Å². The number of thioether (sulfide) groups is 1. The van der Waals surface area contributed by atoms with Crippen LogP contribution in [0.15, 0.2) is 23.4 Å². The number of likely N-dealkylation sites (tertiary alicyclic amines) is 1. The van der Waals surface area contributed by atoms with E-state index < -0.39 is 0 Å². The second kappa shape index (κ2) is 9.36. The van der Waals surface area contributed by atoms with Crippen LogP contribution >= 0.6 is 11.8 Å². The molecule has 0 amide bonds. The molecular formula is C21H30N4O3S. The van der Waals surface area contributed by atoms with Crippen LogP contribution in [0.25, 0.3) is 0 Å². The summed E-state index contributed by atoms with van der Waals surface area (Å²) in [6.45, 7) is 3.58. The van der Waals surface area contributed by atoms with Crippen LogP contribution in [0.1, 0.15) is 43.0 Å². The van der Waals surface area contributed by atoms with Gasteiger partial charge >= 0.3 is 0 Å². The minimum Gasteiger partial charge on any atom is -0.504 e. The van der Waals surface area contributed by atoms with E-state index >= 15 is 0 Å². The second-order valence-corrected chi connectivity index (χ2v) is 8.85. The summed E-state index contributed by atoms with van der Waals surface area (Å²) in [5, 5.41) is 20.3. The van der Waals surface area contributed by atoms with E-state index in [0.717, 1.165) is 67.8 Å². The van der Waals surface area contributed by atoms with Gasteiger partial charge in [-0.25, -0.2) is 0 Å². The lowest BCUT2D eigenvalue weighted by molar-refractivity contribution is 0.129. The lowest BCUT2D eigenvalue weighted by atomic mass is 9.95. The van der Waals surface area contributed by atoms with E-state index in [0.29, 0.717) is 17.8 Å². The van der Waals surface area contributed by atoms with Gasteiger partial charge in [0.25, 0.3) is 0 Å². The zero-order chi connectivity index (χ0) is 20.2. The van der Waals surface area contributed by atoms with E-state index in [4.69, 9.17) is 9.47 Å². The van der Waals surface area contributed by atoms with Gasteiger partial charge in [0.2, 0.25) is 0 Å². The Balaban J connectivity index is 1.31. The van der Waals surface area contributed by atoms with Crippen molar-refractivity contribution in [2.24, 2.45) is 7.05 Å². The smallest absolute Gasteiger partial charge is 0.191 e. The Kier molecular flexibility index (Phi) is 6.62. The zero-order valence-corrected chi connectivity index (χ0v) is 18.0. The number of hydrogen-bond donors (Lipinski definition) is 1. The molecule has 1 N–H and O–H groups in total. The van der Waals surface area contributed by atoms with Gasteiger partial charge in [0, 0.05) is 37.4 Å². The zero-order valence-electron chi connectivity index (χ0n) is 17.2. The number of ether oxygens (including phenoxy) is 2. The van der Waals surface area contributed by atoms with Gasteiger partial charge in [-0.2, -0.15) is 0 Å². The summed E-state index contributed by atoms with van der Waals surface area (Å²) in [5.74, 6) is 3.25. The Morgan fingerprint density at radius 3 is 2.79 bits per heavy atom. The highest BCUT2D eigenvalue weighted by atomic mass is 32.2. The molecule has 0 radical (unpaired) electrons. The minimum absolute atomic E-state index is 0.248. The molecule has 0 spiro atoms. The van der Waals surface area contributed by atoms with Crippen molar-refractivity contribution in [1.29, 1.82) is 0 Å². The van der Waals surface area contributed by atoms with Crippen LogP contribution in [0, 0.1) is 0 Å². The third-order valence-corrected chi connectivity index (χ3v) is 7.09. The van der Waals surface area contributed by atoms with Gasteiger partial charge in [0.15, 0.2) is 16.7 Å². The van der Waals surface area contributed by atoms with Crippen LogP contribution in [0.5, 0.6) is 11.5 Å². The van der Waals surface area contributed by atoms with Gasteiger partial charge in [0.05, 0.1) is 13.2 Å². The lowest BCUT2D eigenvalue weighted by Crippen LogP contribution is -2.33. The van der Waals surface area contributed by atoms with Crippen LogP contribution in [-0.4, -0.2) is 63.4 Å². The maximum Gasteiger partial charge on any atom is 0.191 e. The van der Waals surface area contributed by atoms with Gasteiger partial charge in [0.1, 0.15) is 5.82 Å². The lowest BCUT2D eigenvalue weighted by Gasteiger charge is -2.31. The third kappa shape index (κ3) is 4.70. The number of phenolic OH excluding ortho intramolecular Hbond substituents is 1. The maximum atomic E-state index is 10.3. The van der Waals surface area contributed by atoms with E-state index in [9.17, 15) is 5.11 Å². The fraction of sp³-hybridized carbons (Fsp3) is 0.619. The van der Waals surface area contributed by atoms with Gasteiger partial charge < -0.3 is 19.1 Å². The summed E-state index contributed by atoms with van der Waals surface area (Å²) in [7, 11) is 3.66. The molecule has 1 aromatic heterocycles. The van der Waals surface area contributed by atoms with Crippen molar-refractivity contribution < 1.29 is 14.6 Å². The van der Waals surface area contributed by atoms with Crippen molar-refractivity contribution in [3.63, 3.8) is 0 Å². The molecule has 29 heavy (non-hydrogen) atoms. The van der Waals surface area contributed by atoms with E-state index in [1.165, 1.54) is 6.42 Å². The van der Waals surface area contributed by atoms with E-state index in [1.54, 1.807) is 24.9 Å². The molecule has 1 atom stereocenters. The quantitative estimate of drug-likeness (QED) is 0.692. The fourth-order valence-corrected chi connectivity index (χ4v) is 5.18. The molecule has 1 aromatic carbocycles. The molecular weight excluding hydrogens is 388 g/mol. The highest BCUT2D eigenvalue weighted by Gasteiger charge is 2.26. The van der Waals surface area contributed by atoms with E-state index in [2.05, 4.69) is 26.7 Å². The predicted molar refractivity (Wildman–Crippen MR) is 113 cm³/mol. The predicted octanol–water partition coefficient (Wildman–Crippen LogP) is 3.18. The SMILES string of the molecule is COc1cccc(CN2CCC(c3nnc(SCC4CCCO4)n3C)CC2)c1O. The van der Waals surface area contributed by atoms with E-state index in [1.807, 2.05) is 12.1 Å². The molecule has 4 rings (SSSR count). The van der Waals surface area contributed by atoms with Gasteiger partial charge in [-0.3, -0.25) is 4.90 Å². The van der Waals surface area contributed by atoms with E-state index in [-0.39, 0.29) is 5.75 Å². The van der Waals surface area contributed by atoms with Crippen LogP contribution < -0.4 is 4.74 Å². The average Bonchev–Trinajstić information content (AvgIpc) is 3.38. The molecule has 2 saturated heterocycles. The number of methoxy groups -OCH3 is 1. The molecule has 0 bridgehead atoms. The standard InChI is InChI=1S/C21H30N4O3S/c1-24-20(22-23-21(24)29-14-17-6-4-12-28-17)15-8-10-25(11-9-15)13-16-5-3-7-18(27-2)19(16)26/h3,5,7,15,17,26H,4,6,8-14H2,1-2H3. The molecule has 3 heterocycles. The third-order valence-electron chi connectivity index (χ3n) is 5.94. The first-order valence-electron chi connectivity index (χ1n) is 10.4. The number of rotatable bonds is 7. The summed E-state index contributed by atoms with van der Waals surface area (Å²) in [6, 6.07) is 5.67. The number of hydrogen-bond acceptors (Lipinski definition) is 7. The number of aromatic nitrogens is 3. The average molecular weight is 419 g/mol. The summed E-state index contributed by atoms with van der Waals surface area (Å²) in [4.78, 5) is 2.38. The number of aromatic hydroxyl groups is 1. The molecule has 0 saturated carbocycles. The summed E-state index contributed by atoms with van der Waals surface area (Å²) in [6.07, 6.45) is 4.78. The number of para-hydroxylation sites is 1. The largest absolute Gasteiger partial charge is 0.504 e. The molecule has 2 fully saturated rings. The summed E-state index contributed by atoms with van der Waals surface area (Å²) < 4.78 is 13.1.